The van der Waals surface area contributed by atoms with Crippen molar-refractivity contribution in [2.24, 2.45) is 0 Å². The second-order valence-electron chi connectivity index (χ2n) is 13.4. The number of rotatable bonds is 4. The number of nitrogens with zero attached hydrogens (tertiary/aromatic N) is 2. The van der Waals surface area contributed by atoms with E-state index in [4.69, 9.17) is 14.4 Å². The Morgan fingerprint density at radius 2 is 1.08 bits per heavy atom. The van der Waals surface area contributed by atoms with Gasteiger partial charge in [-0.1, -0.05) is 127 Å². The van der Waals surface area contributed by atoms with Crippen LogP contribution in [0.1, 0.15) is 0 Å². The summed E-state index contributed by atoms with van der Waals surface area (Å²) in [6, 6.07) is 60.3. The van der Waals surface area contributed by atoms with E-state index in [1.54, 1.807) is 11.3 Å². The fourth-order valence-corrected chi connectivity index (χ4v) is 8.84. The monoisotopic (exact) mass is 680 g/mol. The van der Waals surface area contributed by atoms with Crippen LogP contribution in [0.4, 0.5) is 0 Å². The van der Waals surface area contributed by atoms with Gasteiger partial charge in [-0.25, -0.2) is 9.97 Å². The lowest BCUT2D eigenvalue weighted by atomic mass is 9.95. The van der Waals surface area contributed by atoms with E-state index in [-0.39, 0.29) is 0 Å². The lowest BCUT2D eigenvalue weighted by Gasteiger charge is -2.11. The van der Waals surface area contributed by atoms with E-state index in [0.717, 1.165) is 65.5 Å². The largest absolute Gasteiger partial charge is 0.456 e. The van der Waals surface area contributed by atoms with Crippen LogP contribution in [-0.2, 0) is 0 Å². The zero-order valence-electron chi connectivity index (χ0n) is 27.9. The maximum Gasteiger partial charge on any atom is 0.160 e. The number of hydrogen-bond donors (Lipinski definition) is 0. The van der Waals surface area contributed by atoms with E-state index in [1.165, 1.54) is 37.4 Å². The van der Waals surface area contributed by atoms with E-state index in [2.05, 4.69) is 158 Å². The molecule has 0 fully saturated rings. The van der Waals surface area contributed by atoms with Crippen LogP contribution in [0.25, 0.3) is 109 Å². The summed E-state index contributed by atoms with van der Waals surface area (Å²) in [5.74, 6) is 0.676. The Hall–Kier alpha value is -6.62. The minimum atomic E-state index is 0.676. The third kappa shape index (κ3) is 4.65. The van der Waals surface area contributed by atoms with Crippen LogP contribution in [0, 0.1) is 0 Å². The maximum atomic E-state index is 6.56. The van der Waals surface area contributed by atoms with Gasteiger partial charge in [0.1, 0.15) is 11.2 Å². The number of benzene rings is 8. The summed E-state index contributed by atoms with van der Waals surface area (Å²) in [7, 11) is 0. The predicted octanol–water partition coefficient (Wildman–Crippen LogP) is 13.7. The molecule has 3 nitrogen and oxygen atoms in total. The molecule has 8 aromatic carbocycles. The first-order valence-corrected chi connectivity index (χ1v) is 18.3. The average molecular weight is 681 g/mol. The van der Waals surface area contributed by atoms with Crippen molar-refractivity contribution >= 4 is 75.1 Å². The summed E-state index contributed by atoms with van der Waals surface area (Å²) < 4.78 is 8.84. The molecule has 0 unspecified atom stereocenters. The van der Waals surface area contributed by atoms with Gasteiger partial charge in [0.25, 0.3) is 0 Å². The molecule has 0 bridgehead atoms. The van der Waals surface area contributed by atoms with Crippen LogP contribution in [0.5, 0.6) is 0 Å². The van der Waals surface area contributed by atoms with E-state index < -0.39 is 0 Å². The molecule has 242 valence electrons. The molecule has 0 aliphatic rings. The van der Waals surface area contributed by atoms with Crippen LogP contribution in [-0.4, -0.2) is 9.97 Å². The molecule has 0 amide bonds. The minimum Gasteiger partial charge on any atom is -0.456 e. The zero-order chi connectivity index (χ0) is 34.2. The molecule has 0 spiro atoms. The minimum absolute atomic E-state index is 0.676. The van der Waals surface area contributed by atoms with Gasteiger partial charge in [0.2, 0.25) is 0 Å². The molecule has 11 rings (SSSR count). The van der Waals surface area contributed by atoms with Crippen molar-refractivity contribution in [3.05, 3.63) is 170 Å². The molecular formula is C48H28N2OS. The van der Waals surface area contributed by atoms with E-state index in [0.29, 0.717) is 5.82 Å². The smallest absolute Gasteiger partial charge is 0.160 e. The topological polar surface area (TPSA) is 38.9 Å². The van der Waals surface area contributed by atoms with Crippen molar-refractivity contribution in [2.75, 3.05) is 0 Å². The molecule has 52 heavy (non-hydrogen) atoms. The van der Waals surface area contributed by atoms with Crippen molar-refractivity contribution in [1.82, 2.24) is 9.97 Å². The Morgan fingerprint density at radius 1 is 0.423 bits per heavy atom. The SMILES string of the molecule is c1ccc(-c2ccc3cc(-c4nc(-c5cc(-c6ccc7ccccc7c6)c6c(c5)oc5ccccc56)nc5c4sc4ccccc45)ccc3c2)cc1. The molecule has 0 saturated carbocycles. The van der Waals surface area contributed by atoms with Gasteiger partial charge in [-0.2, -0.15) is 0 Å². The van der Waals surface area contributed by atoms with Crippen molar-refractivity contribution in [1.29, 1.82) is 0 Å². The molecule has 0 N–H and O–H groups in total. The van der Waals surface area contributed by atoms with E-state index >= 15 is 0 Å². The highest BCUT2D eigenvalue weighted by Crippen LogP contribution is 2.43. The molecule has 3 aromatic heterocycles. The Kier molecular flexibility index (Phi) is 6.42. The highest BCUT2D eigenvalue weighted by atomic mass is 32.1. The van der Waals surface area contributed by atoms with Crippen LogP contribution >= 0.6 is 11.3 Å². The molecule has 0 aliphatic heterocycles. The number of aromatic nitrogens is 2. The summed E-state index contributed by atoms with van der Waals surface area (Å²) >= 11 is 1.76. The standard InChI is InChI=1S/C48H28N2OS/c1-2-10-29(11-3-1)32-19-20-34-26-36(23-21-33(34)24-32)45-47-46(39-15-7-9-17-43(39)52-47)50-48(49-45)37-27-40(35-22-18-30-12-4-5-13-31(30)25-35)44-38-14-6-8-16-41(38)51-42(44)28-37/h1-28H. The molecule has 3 heterocycles. The van der Waals surface area contributed by atoms with Crippen LogP contribution in [0.3, 0.4) is 0 Å². The first-order valence-electron chi connectivity index (χ1n) is 17.5. The normalized spacial score (nSPS) is 11.8. The summed E-state index contributed by atoms with van der Waals surface area (Å²) in [5.41, 5.74) is 10.2. The number of furan rings is 1. The summed E-state index contributed by atoms with van der Waals surface area (Å²) in [5, 5.41) is 8.12. The van der Waals surface area contributed by atoms with Crippen LogP contribution in [0.2, 0.25) is 0 Å². The quantitative estimate of drug-likeness (QED) is 0.186. The second kappa shape index (κ2) is 11.5. The first-order chi connectivity index (χ1) is 25.7. The van der Waals surface area contributed by atoms with Crippen molar-refractivity contribution in [3.8, 4) is 44.9 Å². The number of thiophene rings is 1. The number of hydrogen-bond acceptors (Lipinski definition) is 4. The Balaban J connectivity index is 1.15. The van der Waals surface area contributed by atoms with Crippen LogP contribution in [0.15, 0.2) is 174 Å². The first kappa shape index (κ1) is 29.1. The molecule has 0 saturated heterocycles. The maximum absolute atomic E-state index is 6.56. The summed E-state index contributed by atoms with van der Waals surface area (Å²) in [6.07, 6.45) is 0. The molecule has 11 aromatic rings. The third-order valence-electron chi connectivity index (χ3n) is 10.2. The van der Waals surface area contributed by atoms with Gasteiger partial charge in [0, 0.05) is 32.0 Å². The van der Waals surface area contributed by atoms with Gasteiger partial charge in [-0.3, -0.25) is 0 Å². The zero-order valence-corrected chi connectivity index (χ0v) is 28.7. The average Bonchev–Trinajstić information content (AvgIpc) is 3.78. The van der Waals surface area contributed by atoms with E-state index in [9.17, 15) is 0 Å². The lowest BCUT2D eigenvalue weighted by molar-refractivity contribution is 0.669. The predicted molar refractivity (Wildman–Crippen MR) is 219 cm³/mol. The number of para-hydroxylation sites is 1. The molecular weight excluding hydrogens is 653 g/mol. The third-order valence-corrected chi connectivity index (χ3v) is 11.4. The summed E-state index contributed by atoms with van der Waals surface area (Å²) in [4.78, 5) is 10.7. The Morgan fingerprint density at radius 3 is 1.96 bits per heavy atom. The fraction of sp³-hybridized carbons (Fsp3) is 0. The van der Waals surface area contributed by atoms with Crippen molar-refractivity contribution in [3.63, 3.8) is 0 Å². The number of fused-ring (bicyclic) bond motifs is 8. The fourth-order valence-electron chi connectivity index (χ4n) is 7.69. The molecule has 0 aliphatic carbocycles. The molecule has 4 heteroatoms. The van der Waals surface area contributed by atoms with E-state index in [1.807, 2.05) is 12.1 Å². The van der Waals surface area contributed by atoms with Gasteiger partial charge in [-0.05, 0) is 86.3 Å². The Bertz CT molecular complexity index is 3190. The highest BCUT2D eigenvalue weighted by molar-refractivity contribution is 7.26. The lowest BCUT2D eigenvalue weighted by Crippen LogP contribution is -1.94. The molecule has 0 atom stereocenters. The van der Waals surface area contributed by atoms with Gasteiger partial charge in [0.15, 0.2) is 5.82 Å². The van der Waals surface area contributed by atoms with Crippen molar-refractivity contribution < 1.29 is 4.42 Å². The second-order valence-corrected chi connectivity index (χ2v) is 14.4. The van der Waals surface area contributed by atoms with Gasteiger partial charge in [0.05, 0.1) is 15.9 Å². The van der Waals surface area contributed by atoms with Crippen molar-refractivity contribution in [2.45, 2.75) is 0 Å². The van der Waals surface area contributed by atoms with Gasteiger partial charge in [-0.15, -0.1) is 11.3 Å². The Labute approximate surface area is 303 Å². The van der Waals surface area contributed by atoms with Crippen LogP contribution < -0.4 is 0 Å². The van der Waals surface area contributed by atoms with Gasteiger partial charge >= 0.3 is 0 Å². The summed E-state index contributed by atoms with van der Waals surface area (Å²) in [6.45, 7) is 0. The molecule has 0 radical (unpaired) electrons. The van der Waals surface area contributed by atoms with Gasteiger partial charge < -0.3 is 4.42 Å². The highest BCUT2D eigenvalue weighted by Gasteiger charge is 2.20.